The lowest BCUT2D eigenvalue weighted by molar-refractivity contribution is -0.132. The largest absolute Gasteiger partial charge is 0.478 e. The van der Waals surface area contributed by atoms with E-state index in [9.17, 15) is 9.59 Å². The summed E-state index contributed by atoms with van der Waals surface area (Å²) < 4.78 is 0. The van der Waals surface area contributed by atoms with Crippen molar-refractivity contribution in [3.8, 4) is 0 Å². The normalized spacial score (nSPS) is 11.9. The molecule has 6 nitrogen and oxygen atoms in total. The van der Waals surface area contributed by atoms with Gasteiger partial charge in [-0.05, 0) is 26.0 Å². The average Bonchev–Trinajstić information content (AvgIpc) is 2.29. The topological polar surface area (TPSA) is 98.7 Å². The second kappa shape index (κ2) is 6.98. The van der Waals surface area contributed by atoms with Crippen LogP contribution in [0.15, 0.2) is 47.8 Å². The van der Waals surface area contributed by atoms with E-state index < -0.39 is 11.9 Å². The highest BCUT2D eigenvalue weighted by atomic mass is 16.4. The highest BCUT2D eigenvalue weighted by Gasteiger charge is 2.03. The number of carboxylic acids is 2. The molecule has 1 aromatic carbocycles. The van der Waals surface area contributed by atoms with Crippen molar-refractivity contribution >= 4 is 23.3 Å². The lowest BCUT2D eigenvalue weighted by Crippen LogP contribution is -2.05. The van der Waals surface area contributed by atoms with Gasteiger partial charge in [0.1, 0.15) is 0 Å². The second-order valence-corrected chi connectivity index (χ2v) is 4.13. The SMILES string of the molecule is CC(=CC(=O)O)Nc1ccccc1NC(C)=CC(=O)O. The highest BCUT2D eigenvalue weighted by Crippen LogP contribution is 2.23. The Labute approximate surface area is 116 Å². The van der Waals surface area contributed by atoms with E-state index in [0.29, 0.717) is 22.8 Å². The number of benzene rings is 1. The van der Waals surface area contributed by atoms with E-state index in [1.165, 1.54) is 0 Å². The van der Waals surface area contributed by atoms with E-state index in [0.717, 1.165) is 12.2 Å². The molecule has 0 aromatic heterocycles. The summed E-state index contributed by atoms with van der Waals surface area (Å²) in [5.74, 6) is -2.08. The zero-order valence-electron chi connectivity index (χ0n) is 11.2. The van der Waals surface area contributed by atoms with Crippen molar-refractivity contribution in [2.24, 2.45) is 0 Å². The van der Waals surface area contributed by atoms with Crippen LogP contribution in [0.1, 0.15) is 13.8 Å². The maximum Gasteiger partial charge on any atom is 0.330 e. The van der Waals surface area contributed by atoms with E-state index in [1.54, 1.807) is 38.1 Å². The predicted molar refractivity (Wildman–Crippen MR) is 76.5 cm³/mol. The van der Waals surface area contributed by atoms with Gasteiger partial charge >= 0.3 is 11.9 Å². The molecule has 0 radical (unpaired) electrons. The van der Waals surface area contributed by atoms with Crippen LogP contribution < -0.4 is 10.6 Å². The summed E-state index contributed by atoms with van der Waals surface area (Å²) >= 11 is 0. The fraction of sp³-hybridized carbons (Fsp3) is 0.143. The molecule has 0 saturated carbocycles. The third kappa shape index (κ3) is 5.26. The molecule has 0 aliphatic rings. The first kappa shape index (κ1) is 15.3. The number of anilines is 2. The van der Waals surface area contributed by atoms with Crippen molar-refractivity contribution in [2.75, 3.05) is 10.6 Å². The Hall–Kier alpha value is -2.76. The Bertz CT molecular complexity index is 525. The molecule has 0 unspecified atom stereocenters. The van der Waals surface area contributed by atoms with Gasteiger partial charge in [-0.3, -0.25) is 0 Å². The summed E-state index contributed by atoms with van der Waals surface area (Å²) in [6.45, 7) is 3.26. The first-order valence-corrected chi connectivity index (χ1v) is 5.84. The van der Waals surface area contributed by atoms with Crippen LogP contribution in [0.2, 0.25) is 0 Å². The Morgan fingerprint density at radius 3 is 1.55 bits per heavy atom. The maximum absolute atomic E-state index is 10.6. The lowest BCUT2D eigenvalue weighted by atomic mass is 10.2. The Kier molecular flexibility index (Phi) is 5.34. The molecule has 0 bridgehead atoms. The Balaban J connectivity index is 2.94. The summed E-state index contributed by atoms with van der Waals surface area (Å²) in [6.07, 6.45) is 2.10. The first-order valence-electron chi connectivity index (χ1n) is 5.84. The van der Waals surface area contributed by atoms with Gasteiger partial charge in [0, 0.05) is 23.5 Å². The fourth-order valence-corrected chi connectivity index (χ4v) is 1.57. The summed E-state index contributed by atoms with van der Waals surface area (Å²) in [7, 11) is 0. The van der Waals surface area contributed by atoms with Crippen molar-refractivity contribution in [3.63, 3.8) is 0 Å². The van der Waals surface area contributed by atoms with Gasteiger partial charge in [0.2, 0.25) is 0 Å². The van der Waals surface area contributed by atoms with Crippen molar-refractivity contribution in [1.82, 2.24) is 0 Å². The van der Waals surface area contributed by atoms with Crippen LogP contribution in [-0.2, 0) is 9.59 Å². The van der Waals surface area contributed by atoms with Crippen LogP contribution in [0.4, 0.5) is 11.4 Å². The number of rotatable bonds is 6. The molecular formula is C14H16N2O4. The van der Waals surface area contributed by atoms with Gasteiger partial charge in [0.25, 0.3) is 0 Å². The molecule has 20 heavy (non-hydrogen) atoms. The van der Waals surface area contributed by atoms with Crippen LogP contribution in [0, 0.1) is 0 Å². The molecule has 0 saturated heterocycles. The molecule has 1 rings (SSSR count). The number of nitrogens with one attached hydrogen (secondary N) is 2. The number of allylic oxidation sites excluding steroid dienone is 2. The number of carboxylic acid groups (broad SMARTS) is 2. The molecule has 0 spiro atoms. The third-order valence-electron chi connectivity index (χ3n) is 2.27. The van der Waals surface area contributed by atoms with Gasteiger partial charge in [0.15, 0.2) is 0 Å². The van der Waals surface area contributed by atoms with Crippen molar-refractivity contribution in [2.45, 2.75) is 13.8 Å². The van der Waals surface area contributed by atoms with Crippen LogP contribution >= 0.6 is 0 Å². The summed E-state index contributed by atoms with van der Waals surface area (Å²) in [4.78, 5) is 21.2. The predicted octanol–water partition coefficient (Wildman–Crippen LogP) is 2.49. The zero-order valence-corrected chi connectivity index (χ0v) is 11.2. The van der Waals surface area contributed by atoms with Crippen molar-refractivity contribution in [3.05, 3.63) is 47.8 Å². The zero-order chi connectivity index (χ0) is 15.1. The van der Waals surface area contributed by atoms with Gasteiger partial charge < -0.3 is 20.8 Å². The van der Waals surface area contributed by atoms with Crippen LogP contribution in [0.3, 0.4) is 0 Å². The number of para-hydroxylation sites is 2. The van der Waals surface area contributed by atoms with Crippen molar-refractivity contribution in [1.29, 1.82) is 0 Å². The molecule has 0 aliphatic heterocycles. The van der Waals surface area contributed by atoms with Crippen LogP contribution in [0.5, 0.6) is 0 Å². The van der Waals surface area contributed by atoms with E-state index >= 15 is 0 Å². The molecule has 0 amide bonds. The summed E-state index contributed by atoms with van der Waals surface area (Å²) in [6, 6.07) is 7.10. The summed E-state index contributed by atoms with van der Waals surface area (Å²) in [5.41, 5.74) is 2.24. The molecule has 0 fully saturated rings. The lowest BCUT2D eigenvalue weighted by Gasteiger charge is -2.14. The number of carbonyl (C=O) groups is 2. The summed E-state index contributed by atoms with van der Waals surface area (Å²) in [5, 5.41) is 23.2. The van der Waals surface area contributed by atoms with Gasteiger partial charge in [-0.15, -0.1) is 0 Å². The van der Waals surface area contributed by atoms with E-state index in [4.69, 9.17) is 10.2 Å². The minimum absolute atomic E-state index is 0.464. The van der Waals surface area contributed by atoms with Crippen LogP contribution in [0.25, 0.3) is 0 Å². The number of hydrogen-bond acceptors (Lipinski definition) is 4. The van der Waals surface area contributed by atoms with Crippen LogP contribution in [-0.4, -0.2) is 22.2 Å². The maximum atomic E-state index is 10.6. The van der Waals surface area contributed by atoms with E-state index in [1.807, 2.05) is 0 Å². The molecule has 0 aliphatic carbocycles. The van der Waals surface area contributed by atoms with Gasteiger partial charge in [-0.1, -0.05) is 12.1 Å². The molecular weight excluding hydrogens is 260 g/mol. The average molecular weight is 276 g/mol. The standard InChI is InChI=1S/C14H16N2O4/c1-9(7-13(17)18)15-11-5-3-4-6-12(11)16-10(2)8-14(19)20/h3-8,15-16H,1-2H3,(H,17,18)(H,19,20). The molecule has 1 aromatic rings. The molecule has 4 N–H and O–H groups in total. The quantitative estimate of drug-likeness (QED) is 0.596. The minimum atomic E-state index is -1.04. The monoisotopic (exact) mass is 276 g/mol. The Morgan fingerprint density at radius 2 is 1.25 bits per heavy atom. The second-order valence-electron chi connectivity index (χ2n) is 4.13. The molecule has 0 heterocycles. The van der Waals surface area contributed by atoms with E-state index in [2.05, 4.69) is 10.6 Å². The van der Waals surface area contributed by atoms with Gasteiger partial charge in [-0.25, -0.2) is 9.59 Å². The molecule has 106 valence electrons. The van der Waals surface area contributed by atoms with E-state index in [-0.39, 0.29) is 0 Å². The van der Waals surface area contributed by atoms with Gasteiger partial charge in [0.05, 0.1) is 11.4 Å². The fourth-order valence-electron chi connectivity index (χ4n) is 1.57. The smallest absolute Gasteiger partial charge is 0.330 e. The molecule has 0 atom stereocenters. The Morgan fingerprint density at radius 1 is 0.900 bits per heavy atom. The first-order chi connectivity index (χ1) is 9.38. The third-order valence-corrected chi connectivity index (χ3v) is 2.27. The van der Waals surface area contributed by atoms with Crippen molar-refractivity contribution < 1.29 is 19.8 Å². The molecule has 6 heteroatoms. The minimum Gasteiger partial charge on any atom is -0.478 e. The highest BCUT2D eigenvalue weighted by molar-refractivity contribution is 5.83. The number of aliphatic carboxylic acids is 2. The number of hydrogen-bond donors (Lipinski definition) is 4. The van der Waals surface area contributed by atoms with Gasteiger partial charge in [-0.2, -0.15) is 0 Å².